The van der Waals surface area contributed by atoms with Crippen LogP contribution in [0.4, 0.5) is 5.69 Å². The number of carbonyl (C=O) groups excluding carboxylic acids is 1. The monoisotopic (exact) mass is 285 g/mol. The van der Waals surface area contributed by atoms with Gasteiger partial charge in [-0.2, -0.15) is 0 Å². The second-order valence-electron chi connectivity index (χ2n) is 5.78. The second kappa shape index (κ2) is 6.29. The lowest BCUT2D eigenvalue weighted by Crippen LogP contribution is -2.38. The van der Waals surface area contributed by atoms with Crippen molar-refractivity contribution in [3.63, 3.8) is 0 Å². The number of fused-ring (bicyclic) bond motifs is 1. The molecule has 0 bridgehead atoms. The zero-order valence-corrected chi connectivity index (χ0v) is 12.7. The van der Waals surface area contributed by atoms with E-state index in [0.717, 1.165) is 30.9 Å². The van der Waals surface area contributed by atoms with E-state index >= 15 is 0 Å². The molecule has 4 nitrogen and oxygen atoms in total. The van der Waals surface area contributed by atoms with Crippen LogP contribution in [0.25, 0.3) is 0 Å². The number of aliphatic imine (C=N–C) groups is 1. The number of guanidine groups is 1. The highest BCUT2D eigenvalue weighted by Gasteiger charge is 2.24. The van der Waals surface area contributed by atoms with Crippen LogP contribution in [0, 0.1) is 0 Å². The Labute approximate surface area is 126 Å². The first-order valence-corrected chi connectivity index (χ1v) is 8.02. The molecule has 1 heterocycles. The van der Waals surface area contributed by atoms with Crippen LogP contribution in [0.5, 0.6) is 0 Å². The molecule has 0 radical (unpaired) electrons. The first-order chi connectivity index (χ1) is 10.3. The topological polar surface area (TPSA) is 44.7 Å². The first kappa shape index (κ1) is 14.1. The number of hydrogen-bond donors (Lipinski definition) is 1. The summed E-state index contributed by atoms with van der Waals surface area (Å²) >= 11 is 0. The molecule has 1 N–H and O–H groups in total. The van der Waals surface area contributed by atoms with Crippen LogP contribution in [0.15, 0.2) is 23.2 Å². The molecule has 4 heteroatoms. The van der Waals surface area contributed by atoms with Crippen molar-refractivity contribution in [3.8, 4) is 0 Å². The Morgan fingerprint density at radius 3 is 3.05 bits per heavy atom. The standard InChI is InChI=1S/C17H23N3O/c1-2-6-16(21)20-12-11-18-17(20)19-15-10-5-8-13-7-3-4-9-14(13)15/h5,8,10H,2-4,6-7,9,11-12H2,1H3,(H,18,19). The molecule has 3 rings (SSSR count). The summed E-state index contributed by atoms with van der Waals surface area (Å²) in [6, 6.07) is 6.42. The molecule has 1 aromatic carbocycles. The largest absolute Gasteiger partial charge is 0.326 e. The molecule has 0 aromatic heterocycles. The summed E-state index contributed by atoms with van der Waals surface area (Å²) in [5.41, 5.74) is 3.97. The average molecular weight is 285 g/mol. The Bertz CT molecular complexity index is 565. The van der Waals surface area contributed by atoms with Crippen molar-refractivity contribution in [2.75, 3.05) is 18.4 Å². The SMILES string of the molecule is CCCC(=O)N1CCN=C1Nc1cccc2c1CCCC2. The number of carbonyl (C=O) groups is 1. The lowest BCUT2D eigenvalue weighted by molar-refractivity contribution is -0.127. The quantitative estimate of drug-likeness (QED) is 0.928. The average Bonchev–Trinajstić information content (AvgIpc) is 2.96. The number of aryl methyl sites for hydroxylation is 1. The Morgan fingerprint density at radius 1 is 1.33 bits per heavy atom. The van der Waals surface area contributed by atoms with Crippen molar-refractivity contribution in [2.24, 2.45) is 4.99 Å². The summed E-state index contributed by atoms with van der Waals surface area (Å²) in [6.45, 7) is 3.44. The fourth-order valence-corrected chi connectivity index (χ4v) is 3.16. The van der Waals surface area contributed by atoms with Gasteiger partial charge < -0.3 is 5.32 Å². The number of rotatable bonds is 3. The van der Waals surface area contributed by atoms with E-state index in [2.05, 4.69) is 28.5 Å². The number of benzene rings is 1. The zero-order valence-electron chi connectivity index (χ0n) is 12.7. The maximum atomic E-state index is 12.1. The summed E-state index contributed by atoms with van der Waals surface area (Å²) in [7, 11) is 0. The van der Waals surface area contributed by atoms with Crippen LogP contribution in [0.3, 0.4) is 0 Å². The van der Waals surface area contributed by atoms with E-state index in [4.69, 9.17) is 0 Å². The summed E-state index contributed by atoms with van der Waals surface area (Å²) in [5.74, 6) is 0.901. The Morgan fingerprint density at radius 2 is 2.19 bits per heavy atom. The van der Waals surface area contributed by atoms with Gasteiger partial charge in [-0.15, -0.1) is 0 Å². The summed E-state index contributed by atoms with van der Waals surface area (Å²) in [5, 5.41) is 3.41. The van der Waals surface area contributed by atoms with Crippen molar-refractivity contribution in [2.45, 2.75) is 45.4 Å². The Kier molecular flexibility index (Phi) is 4.23. The minimum Gasteiger partial charge on any atom is -0.326 e. The van der Waals surface area contributed by atoms with Crippen LogP contribution in [-0.4, -0.2) is 29.9 Å². The molecule has 0 fully saturated rings. The van der Waals surface area contributed by atoms with Crippen molar-refractivity contribution in [3.05, 3.63) is 29.3 Å². The van der Waals surface area contributed by atoms with E-state index in [0.29, 0.717) is 19.5 Å². The molecule has 0 saturated heterocycles. The highest BCUT2D eigenvalue weighted by Crippen LogP contribution is 2.28. The van der Waals surface area contributed by atoms with Crippen LogP contribution in [0.1, 0.15) is 43.7 Å². The molecule has 112 valence electrons. The molecule has 1 aromatic rings. The van der Waals surface area contributed by atoms with E-state index in [1.165, 1.54) is 24.0 Å². The van der Waals surface area contributed by atoms with Gasteiger partial charge in [0, 0.05) is 18.7 Å². The van der Waals surface area contributed by atoms with E-state index in [1.807, 2.05) is 6.92 Å². The van der Waals surface area contributed by atoms with Crippen LogP contribution < -0.4 is 5.32 Å². The van der Waals surface area contributed by atoms with Gasteiger partial charge in [-0.05, 0) is 49.3 Å². The highest BCUT2D eigenvalue weighted by atomic mass is 16.2. The lowest BCUT2D eigenvalue weighted by Gasteiger charge is -2.23. The fraction of sp³-hybridized carbons (Fsp3) is 0.529. The van der Waals surface area contributed by atoms with Crippen molar-refractivity contribution in [1.29, 1.82) is 0 Å². The van der Waals surface area contributed by atoms with Gasteiger partial charge >= 0.3 is 0 Å². The van der Waals surface area contributed by atoms with E-state index in [9.17, 15) is 4.79 Å². The highest BCUT2D eigenvalue weighted by molar-refractivity contribution is 6.05. The van der Waals surface area contributed by atoms with Crippen molar-refractivity contribution in [1.82, 2.24) is 4.90 Å². The first-order valence-electron chi connectivity index (χ1n) is 8.02. The molecule has 0 unspecified atom stereocenters. The van der Waals surface area contributed by atoms with Gasteiger partial charge in [0.2, 0.25) is 11.9 Å². The van der Waals surface area contributed by atoms with Crippen molar-refractivity contribution < 1.29 is 4.79 Å². The number of amides is 1. The van der Waals surface area contributed by atoms with Crippen LogP contribution >= 0.6 is 0 Å². The molecule has 0 saturated carbocycles. The van der Waals surface area contributed by atoms with Crippen LogP contribution in [-0.2, 0) is 17.6 Å². The zero-order chi connectivity index (χ0) is 14.7. The minimum atomic E-state index is 0.172. The fourth-order valence-electron chi connectivity index (χ4n) is 3.16. The number of hydrogen-bond acceptors (Lipinski definition) is 3. The Hall–Kier alpha value is -1.84. The van der Waals surface area contributed by atoms with Gasteiger partial charge in [-0.1, -0.05) is 19.1 Å². The van der Waals surface area contributed by atoms with Gasteiger partial charge in [-0.3, -0.25) is 14.7 Å². The minimum absolute atomic E-state index is 0.172. The predicted octanol–water partition coefficient (Wildman–Crippen LogP) is 2.98. The van der Waals surface area contributed by atoms with Crippen LogP contribution in [0.2, 0.25) is 0 Å². The molecular formula is C17H23N3O. The van der Waals surface area contributed by atoms with Gasteiger partial charge in [0.05, 0.1) is 6.54 Å². The predicted molar refractivity (Wildman–Crippen MR) is 85.6 cm³/mol. The smallest absolute Gasteiger partial charge is 0.229 e. The molecule has 21 heavy (non-hydrogen) atoms. The lowest BCUT2D eigenvalue weighted by atomic mass is 9.90. The summed E-state index contributed by atoms with van der Waals surface area (Å²) in [6.07, 6.45) is 6.27. The van der Waals surface area contributed by atoms with E-state index in [1.54, 1.807) is 4.90 Å². The molecule has 1 aliphatic carbocycles. The molecule has 0 spiro atoms. The van der Waals surface area contributed by atoms with Gasteiger partial charge in [0.25, 0.3) is 0 Å². The molecule has 0 atom stereocenters. The van der Waals surface area contributed by atoms with Gasteiger partial charge in [0.1, 0.15) is 0 Å². The van der Waals surface area contributed by atoms with Gasteiger partial charge in [0.15, 0.2) is 0 Å². The number of nitrogens with zero attached hydrogens (tertiary/aromatic N) is 2. The van der Waals surface area contributed by atoms with Gasteiger partial charge in [-0.25, -0.2) is 0 Å². The maximum absolute atomic E-state index is 12.1. The molecule has 2 aliphatic rings. The summed E-state index contributed by atoms with van der Waals surface area (Å²) < 4.78 is 0. The second-order valence-corrected chi connectivity index (χ2v) is 5.78. The van der Waals surface area contributed by atoms with Crippen molar-refractivity contribution >= 4 is 17.6 Å². The third-order valence-corrected chi connectivity index (χ3v) is 4.25. The maximum Gasteiger partial charge on any atom is 0.229 e. The molecular weight excluding hydrogens is 262 g/mol. The Balaban J connectivity index is 1.79. The van der Waals surface area contributed by atoms with E-state index in [-0.39, 0.29) is 5.91 Å². The number of nitrogens with one attached hydrogen (secondary N) is 1. The normalized spacial score (nSPS) is 17.4. The molecule has 1 amide bonds. The third-order valence-electron chi connectivity index (χ3n) is 4.25. The van der Waals surface area contributed by atoms with E-state index < -0.39 is 0 Å². The number of anilines is 1. The summed E-state index contributed by atoms with van der Waals surface area (Å²) in [4.78, 5) is 18.4. The third kappa shape index (κ3) is 2.94. The molecule has 1 aliphatic heterocycles.